The Hall–Kier alpha value is -3.51. The average Bonchev–Trinajstić information content (AvgIpc) is 3.17. The van der Waals surface area contributed by atoms with Gasteiger partial charge in [-0.05, 0) is 104 Å². The van der Waals surface area contributed by atoms with Crippen LogP contribution >= 0.6 is 11.8 Å². The molecule has 0 bridgehead atoms. The number of carbonyl (C=O) groups excluding carboxylic acids is 1. The van der Waals surface area contributed by atoms with E-state index in [9.17, 15) is 18.0 Å². The number of rotatable bonds is 5. The Morgan fingerprint density at radius 1 is 0.732 bits per heavy atom. The van der Waals surface area contributed by atoms with E-state index in [0.29, 0.717) is 17.7 Å². The maximum Gasteiger partial charge on any atom is 0.416 e. The Labute approximate surface area is 244 Å². The number of thioether (sulfide) groups is 1. The standard InChI is InChI=1S/C35H34F3NOS/c1-20-7-11-30(24(5)13-20)26-10-9-23(4)32(18-26)31-12-8-21(2)14-28(31)19-39-25(6)33(41-34(39)40)27-15-22(3)16-29(17-27)35(36,37)38/h7-18,25,33H,19H2,1-6H3/t25-,33-/m0/s1. The molecule has 4 aromatic carbocycles. The van der Waals surface area contributed by atoms with Crippen molar-refractivity contribution in [3.8, 4) is 22.3 Å². The van der Waals surface area contributed by atoms with Crippen molar-refractivity contribution in [1.82, 2.24) is 4.90 Å². The zero-order valence-corrected chi connectivity index (χ0v) is 25.0. The first kappa shape index (κ1) is 29.0. The van der Waals surface area contributed by atoms with Crippen LogP contribution in [0.3, 0.4) is 0 Å². The minimum atomic E-state index is -4.43. The van der Waals surface area contributed by atoms with Crippen LogP contribution in [0.25, 0.3) is 22.3 Å². The molecule has 6 heteroatoms. The van der Waals surface area contributed by atoms with Crippen LogP contribution in [0.4, 0.5) is 18.0 Å². The number of hydrogen-bond donors (Lipinski definition) is 0. The van der Waals surface area contributed by atoms with E-state index in [0.717, 1.165) is 51.2 Å². The quantitative estimate of drug-likeness (QED) is 0.237. The fourth-order valence-electron chi connectivity index (χ4n) is 5.82. The topological polar surface area (TPSA) is 20.3 Å². The van der Waals surface area contributed by atoms with E-state index in [4.69, 9.17) is 0 Å². The largest absolute Gasteiger partial charge is 0.416 e. The molecule has 0 radical (unpaired) electrons. The number of aryl methyl sites for hydroxylation is 5. The van der Waals surface area contributed by atoms with Crippen molar-refractivity contribution in [1.29, 1.82) is 0 Å². The lowest BCUT2D eigenvalue weighted by atomic mass is 9.90. The molecule has 1 heterocycles. The lowest BCUT2D eigenvalue weighted by Gasteiger charge is -2.26. The van der Waals surface area contributed by atoms with Gasteiger partial charge in [-0.25, -0.2) is 0 Å². The van der Waals surface area contributed by atoms with Gasteiger partial charge in [0.2, 0.25) is 0 Å². The van der Waals surface area contributed by atoms with Gasteiger partial charge in [-0.2, -0.15) is 13.2 Å². The van der Waals surface area contributed by atoms with Crippen LogP contribution in [0.2, 0.25) is 0 Å². The maximum absolute atomic E-state index is 13.5. The molecule has 0 aromatic heterocycles. The number of alkyl halides is 3. The number of hydrogen-bond acceptors (Lipinski definition) is 2. The lowest BCUT2D eigenvalue weighted by Crippen LogP contribution is -2.31. The number of amides is 1. The first-order valence-electron chi connectivity index (χ1n) is 13.8. The number of halogens is 3. The van der Waals surface area contributed by atoms with Gasteiger partial charge in [0.25, 0.3) is 5.24 Å². The summed E-state index contributed by atoms with van der Waals surface area (Å²) in [5, 5.41) is -0.503. The monoisotopic (exact) mass is 573 g/mol. The molecule has 1 fully saturated rings. The van der Waals surface area contributed by atoms with Gasteiger partial charge in [-0.1, -0.05) is 83.0 Å². The van der Waals surface area contributed by atoms with Crippen molar-refractivity contribution >= 4 is 17.0 Å². The van der Waals surface area contributed by atoms with Crippen molar-refractivity contribution < 1.29 is 18.0 Å². The molecular weight excluding hydrogens is 539 g/mol. The predicted molar refractivity (Wildman–Crippen MR) is 163 cm³/mol. The van der Waals surface area contributed by atoms with E-state index >= 15 is 0 Å². The van der Waals surface area contributed by atoms with Crippen molar-refractivity contribution in [2.75, 3.05) is 0 Å². The van der Waals surface area contributed by atoms with Gasteiger partial charge in [-0.3, -0.25) is 4.79 Å². The van der Waals surface area contributed by atoms with Crippen molar-refractivity contribution in [2.45, 2.75) is 65.6 Å². The summed E-state index contributed by atoms with van der Waals surface area (Å²) in [6.45, 7) is 12.3. The van der Waals surface area contributed by atoms with Gasteiger partial charge in [-0.15, -0.1) is 0 Å². The van der Waals surface area contributed by atoms with E-state index in [2.05, 4.69) is 75.4 Å². The van der Waals surface area contributed by atoms with Crippen LogP contribution in [0.15, 0.2) is 72.8 Å². The molecular formula is C35H34F3NOS. The molecule has 2 nitrogen and oxygen atoms in total. The van der Waals surface area contributed by atoms with Gasteiger partial charge in [0.15, 0.2) is 0 Å². The molecule has 1 aliphatic heterocycles. The summed E-state index contributed by atoms with van der Waals surface area (Å²) in [5.41, 5.74) is 10.6. The summed E-state index contributed by atoms with van der Waals surface area (Å²) < 4.78 is 40.6. The lowest BCUT2D eigenvalue weighted by molar-refractivity contribution is -0.137. The van der Waals surface area contributed by atoms with Gasteiger partial charge in [0.1, 0.15) is 0 Å². The summed E-state index contributed by atoms with van der Waals surface area (Å²) in [6.07, 6.45) is -4.43. The normalized spacial score (nSPS) is 17.4. The highest BCUT2D eigenvalue weighted by atomic mass is 32.2. The van der Waals surface area contributed by atoms with Crippen LogP contribution in [-0.4, -0.2) is 16.2 Å². The summed E-state index contributed by atoms with van der Waals surface area (Å²) in [4.78, 5) is 15.1. The highest BCUT2D eigenvalue weighted by Gasteiger charge is 2.40. The highest BCUT2D eigenvalue weighted by Crippen LogP contribution is 2.46. The minimum Gasteiger partial charge on any atom is -0.325 e. The van der Waals surface area contributed by atoms with Gasteiger partial charge >= 0.3 is 6.18 Å². The van der Waals surface area contributed by atoms with Gasteiger partial charge in [0.05, 0.1) is 10.8 Å². The predicted octanol–water partition coefficient (Wildman–Crippen LogP) is 10.4. The summed E-state index contributed by atoms with van der Waals surface area (Å²) in [5.74, 6) is 0. The second kappa shape index (κ2) is 11.1. The van der Waals surface area contributed by atoms with Crippen molar-refractivity contribution in [3.05, 3.63) is 117 Å². The molecule has 5 rings (SSSR count). The summed E-state index contributed by atoms with van der Waals surface area (Å²) in [6, 6.07) is 23.1. The Bertz CT molecular complexity index is 1640. The Morgan fingerprint density at radius 3 is 2.10 bits per heavy atom. The highest BCUT2D eigenvalue weighted by molar-refractivity contribution is 8.14. The molecule has 4 aromatic rings. The molecule has 1 aliphatic rings. The minimum absolute atomic E-state index is 0.120. The van der Waals surface area contributed by atoms with Gasteiger partial charge in [0, 0.05) is 12.6 Å². The summed E-state index contributed by atoms with van der Waals surface area (Å²) in [7, 11) is 0. The molecule has 212 valence electrons. The zero-order chi connectivity index (χ0) is 29.6. The molecule has 0 saturated carbocycles. The van der Waals surface area contributed by atoms with E-state index < -0.39 is 11.7 Å². The fraction of sp³-hybridized carbons (Fsp3) is 0.286. The SMILES string of the molecule is Cc1cc([C@H]2SC(=O)N(Cc3cc(C)ccc3-c3cc(-c4ccc(C)cc4C)ccc3C)[C@H]2C)cc(C(F)(F)F)c1. The van der Waals surface area contributed by atoms with Crippen LogP contribution < -0.4 is 0 Å². The number of nitrogens with zero attached hydrogens (tertiary/aromatic N) is 1. The van der Waals surface area contributed by atoms with E-state index in [1.54, 1.807) is 17.9 Å². The average molecular weight is 574 g/mol. The smallest absolute Gasteiger partial charge is 0.325 e. The molecule has 1 amide bonds. The Balaban J connectivity index is 1.50. The van der Waals surface area contributed by atoms with Crippen LogP contribution in [0, 0.1) is 34.6 Å². The molecule has 0 unspecified atom stereocenters. The third kappa shape index (κ3) is 5.94. The molecule has 0 aliphatic carbocycles. The first-order chi connectivity index (χ1) is 19.3. The molecule has 0 spiro atoms. The third-order valence-electron chi connectivity index (χ3n) is 7.97. The third-order valence-corrected chi connectivity index (χ3v) is 9.33. The molecule has 1 saturated heterocycles. The van der Waals surface area contributed by atoms with Gasteiger partial charge < -0.3 is 4.90 Å². The van der Waals surface area contributed by atoms with Crippen molar-refractivity contribution in [3.63, 3.8) is 0 Å². The van der Waals surface area contributed by atoms with E-state index in [-0.39, 0.29) is 16.5 Å². The van der Waals surface area contributed by atoms with Crippen LogP contribution in [0.1, 0.15) is 56.7 Å². The fourth-order valence-corrected chi connectivity index (χ4v) is 7.02. The van der Waals surface area contributed by atoms with Crippen LogP contribution in [-0.2, 0) is 12.7 Å². The van der Waals surface area contributed by atoms with E-state index in [1.807, 2.05) is 13.8 Å². The second-order valence-electron chi connectivity index (χ2n) is 11.3. The number of benzene rings is 4. The summed E-state index contributed by atoms with van der Waals surface area (Å²) >= 11 is 1.11. The maximum atomic E-state index is 13.5. The Morgan fingerprint density at radius 2 is 1.41 bits per heavy atom. The first-order valence-corrected chi connectivity index (χ1v) is 14.6. The Kier molecular flexibility index (Phi) is 7.82. The van der Waals surface area contributed by atoms with Crippen LogP contribution in [0.5, 0.6) is 0 Å². The van der Waals surface area contributed by atoms with Crippen molar-refractivity contribution in [2.24, 2.45) is 0 Å². The zero-order valence-electron chi connectivity index (χ0n) is 24.2. The van der Waals surface area contributed by atoms with E-state index in [1.165, 1.54) is 22.8 Å². The number of carbonyl (C=O) groups is 1. The molecule has 41 heavy (non-hydrogen) atoms. The second-order valence-corrected chi connectivity index (χ2v) is 12.4. The molecule has 0 N–H and O–H groups in total. The molecule has 2 atom stereocenters.